The number of aromatic nitrogens is 2. The van der Waals surface area contributed by atoms with Crippen molar-refractivity contribution in [2.45, 2.75) is 19.1 Å². The van der Waals surface area contributed by atoms with Crippen LogP contribution in [0.15, 0.2) is 54.9 Å². The number of carbonyl (C=O) groups is 1. The molecule has 1 N–H and O–H groups in total. The predicted molar refractivity (Wildman–Crippen MR) is 100 cm³/mol. The Morgan fingerprint density at radius 3 is 2.93 bits per heavy atom. The highest BCUT2D eigenvalue weighted by atomic mass is 32.2. The Kier molecular flexibility index (Phi) is 4.57. The first-order valence-corrected chi connectivity index (χ1v) is 10.5. The van der Waals surface area contributed by atoms with Gasteiger partial charge in [0, 0.05) is 24.0 Å². The summed E-state index contributed by atoms with van der Waals surface area (Å²) < 4.78 is 30.7. The lowest BCUT2D eigenvalue weighted by Crippen LogP contribution is -2.35. The summed E-state index contributed by atoms with van der Waals surface area (Å²) >= 11 is 0. The number of hydrogen-bond donors (Lipinski definition) is 1. The second kappa shape index (κ2) is 7.03. The Morgan fingerprint density at radius 2 is 2.15 bits per heavy atom. The maximum Gasteiger partial charge on any atom is 0.251 e. The number of rotatable bonds is 5. The number of benzene rings is 1. The third-order valence-electron chi connectivity index (χ3n) is 4.46. The average Bonchev–Trinajstić information content (AvgIpc) is 3.22. The van der Waals surface area contributed by atoms with Crippen LogP contribution in [0.25, 0.3) is 5.65 Å². The van der Waals surface area contributed by atoms with Crippen LogP contribution in [0.3, 0.4) is 0 Å². The molecule has 1 saturated heterocycles. The van der Waals surface area contributed by atoms with Crippen molar-refractivity contribution in [3.8, 4) is 5.75 Å². The Balaban J connectivity index is 1.40. The molecule has 27 heavy (non-hydrogen) atoms. The van der Waals surface area contributed by atoms with E-state index in [-0.39, 0.29) is 30.1 Å². The van der Waals surface area contributed by atoms with Crippen molar-refractivity contribution >= 4 is 21.4 Å². The summed E-state index contributed by atoms with van der Waals surface area (Å²) in [6.45, 7) is 0.285. The summed E-state index contributed by atoms with van der Waals surface area (Å²) in [6, 6.07) is 12.3. The van der Waals surface area contributed by atoms with Gasteiger partial charge in [0.1, 0.15) is 18.0 Å². The third kappa shape index (κ3) is 4.11. The number of amides is 1. The number of fused-ring (bicyclic) bond motifs is 1. The molecule has 1 aliphatic rings. The molecule has 2 aromatic heterocycles. The fourth-order valence-corrected chi connectivity index (χ4v) is 4.79. The van der Waals surface area contributed by atoms with E-state index in [2.05, 4.69) is 10.3 Å². The number of nitrogens with zero attached hydrogens (tertiary/aromatic N) is 2. The fourth-order valence-electron chi connectivity index (χ4n) is 3.12. The van der Waals surface area contributed by atoms with Gasteiger partial charge in [0.2, 0.25) is 0 Å². The molecule has 0 aliphatic carbocycles. The maximum atomic E-state index is 12.4. The minimum absolute atomic E-state index is 0.00279. The zero-order valence-corrected chi connectivity index (χ0v) is 15.4. The Bertz CT molecular complexity index is 1060. The quantitative estimate of drug-likeness (QED) is 0.724. The predicted octanol–water partition coefficient (Wildman–Crippen LogP) is 1.83. The molecule has 3 aromatic rings. The van der Waals surface area contributed by atoms with E-state index in [4.69, 9.17) is 4.74 Å². The van der Waals surface area contributed by atoms with Crippen molar-refractivity contribution in [1.29, 1.82) is 0 Å². The average molecular weight is 385 g/mol. The van der Waals surface area contributed by atoms with Crippen molar-refractivity contribution in [1.82, 2.24) is 14.7 Å². The molecule has 0 radical (unpaired) electrons. The largest absolute Gasteiger partial charge is 0.487 e. The highest BCUT2D eigenvalue weighted by molar-refractivity contribution is 7.91. The van der Waals surface area contributed by atoms with E-state index in [1.165, 1.54) is 0 Å². The van der Waals surface area contributed by atoms with Crippen LogP contribution in [0.5, 0.6) is 5.75 Å². The van der Waals surface area contributed by atoms with Gasteiger partial charge in [-0.25, -0.2) is 13.4 Å². The summed E-state index contributed by atoms with van der Waals surface area (Å²) in [4.78, 5) is 16.8. The number of nitrogens with one attached hydrogen (secondary N) is 1. The van der Waals surface area contributed by atoms with Gasteiger partial charge in [0.15, 0.2) is 9.84 Å². The van der Waals surface area contributed by atoms with Crippen LogP contribution in [0.1, 0.15) is 22.5 Å². The van der Waals surface area contributed by atoms with Crippen molar-refractivity contribution < 1.29 is 17.9 Å². The van der Waals surface area contributed by atoms with Crippen molar-refractivity contribution in [2.75, 3.05) is 11.5 Å². The van der Waals surface area contributed by atoms with Crippen molar-refractivity contribution in [2.24, 2.45) is 0 Å². The zero-order chi connectivity index (χ0) is 18.9. The Labute approximate surface area is 156 Å². The van der Waals surface area contributed by atoms with Crippen LogP contribution in [0.2, 0.25) is 0 Å². The van der Waals surface area contributed by atoms with Crippen molar-refractivity contribution in [3.05, 3.63) is 66.1 Å². The molecule has 3 heterocycles. The first-order chi connectivity index (χ1) is 13.0. The molecule has 0 bridgehead atoms. The first kappa shape index (κ1) is 17.5. The van der Waals surface area contributed by atoms with E-state index in [1.807, 2.05) is 35.0 Å². The van der Waals surface area contributed by atoms with Gasteiger partial charge in [-0.05, 0) is 36.8 Å². The molecule has 1 fully saturated rings. The van der Waals surface area contributed by atoms with E-state index in [0.29, 0.717) is 17.7 Å². The minimum atomic E-state index is -3.03. The number of ether oxygens (including phenoxy) is 1. The SMILES string of the molecule is O=C(N[C@H]1CCS(=O)(=O)C1)c1cccc(OCc2cn3ccccc3n2)c1. The molecular weight excluding hydrogens is 366 g/mol. The van der Waals surface area contributed by atoms with Gasteiger partial charge in [0.05, 0.1) is 17.2 Å². The van der Waals surface area contributed by atoms with Crippen LogP contribution >= 0.6 is 0 Å². The number of hydrogen-bond acceptors (Lipinski definition) is 5. The smallest absolute Gasteiger partial charge is 0.251 e. The molecule has 0 unspecified atom stereocenters. The number of sulfone groups is 1. The van der Waals surface area contributed by atoms with Gasteiger partial charge in [0.25, 0.3) is 5.91 Å². The molecule has 8 heteroatoms. The highest BCUT2D eigenvalue weighted by Crippen LogP contribution is 2.17. The zero-order valence-electron chi connectivity index (χ0n) is 14.5. The summed E-state index contributed by atoms with van der Waals surface area (Å²) in [5, 5.41) is 2.78. The monoisotopic (exact) mass is 385 g/mol. The van der Waals surface area contributed by atoms with Gasteiger partial charge in [-0.1, -0.05) is 12.1 Å². The molecule has 1 atom stereocenters. The maximum absolute atomic E-state index is 12.4. The van der Waals surface area contributed by atoms with E-state index in [9.17, 15) is 13.2 Å². The van der Waals surface area contributed by atoms with Crippen LogP contribution in [-0.2, 0) is 16.4 Å². The number of imidazole rings is 1. The lowest BCUT2D eigenvalue weighted by atomic mass is 10.2. The van der Waals surface area contributed by atoms with Crippen LogP contribution in [0, 0.1) is 0 Å². The van der Waals surface area contributed by atoms with E-state index >= 15 is 0 Å². The Morgan fingerprint density at radius 1 is 1.26 bits per heavy atom. The summed E-state index contributed by atoms with van der Waals surface area (Å²) in [6.07, 6.45) is 4.27. The second-order valence-electron chi connectivity index (χ2n) is 6.59. The van der Waals surface area contributed by atoms with Gasteiger partial charge >= 0.3 is 0 Å². The molecule has 1 aromatic carbocycles. The normalized spacial score (nSPS) is 18.4. The van der Waals surface area contributed by atoms with Gasteiger partial charge < -0.3 is 14.5 Å². The van der Waals surface area contributed by atoms with E-state index < -0.39 is 9.84 Å². The molecule has 0 spiro atoms. The Hall–Kier alpha value is -2.87. The van der Waals surface area contributed by atoms with Crippen LogP contribution in [0.4, 0.5) is 0 Å². The van der Waals surface area contributed by atoms with E-state index in [1.54, 1.807) is 24.3 Å². The lowest BCUT2D eigenvalue weighted by molar-refractivity contribution is 0.0940. The highest BCUT2D eigenvalue weighted by Gasteiger charge is 2.29. The third-order valence-corrected chi connectivity index (χ3v) is 6.23. The van der Waals surface area contributed by atoms with Gasteiger partial charge in [-0.15, -0.1) is 0 Å². The molecule has 140 valence electrons. The standard InChI is InChI=1S/C19H19N3O4S/c23-19(21-15-7-9-27(24,25)13-15)14-4-3-5-17(10-14)26-12-16-11-22-8-2-1-6-18(22)20-16/h1-6,8,10-11,15H,7,9,12-13H2,(H,21,23)/t15-/m0/s1. The van der Waals surface area contributed by atoms with Gasteiger partial charge in [-0.2, -0.15) is 0 Å². The molecule has 7 nitrogen and oxygen atoms in total. The van der Waals surface area contributed by atoms with Crippen molar-refractivity contribution in [3.63, 3.8) is 0 Å². The molecular formula is C19H19N3O4S. The molecule has 1 amide bonds. The lowest BCUT2D eigenvalue weighted by Gasteiger charge is -2.11. The molecule has 1 aliphatic heterocycles. The molecule has 0 saturated carbocycles. The number of carbonyl (C=O) groups excluding carboxylic acids is 1. The van der Waals surface area contributed by atoms with Crippen LogP contribution < -0.4 is 10.1 Å². The van der Waals surface area contributed by atoms with E-state index in [0.717, 1.165) is 11.3 Å². The van der Waals surface area contributed by atoms with Gasteiger partial charge in [-0.3, -0.25) is 4.79 Å². The number of pyridine rings is 1. The summed E-state index contributed by atoms with van der Waals surface area (Å²) in [5.41, 5.74) is 2.06. The second-order valence-corrected chi connectivity index (χ2v) is 8.82. The topological polar surface area (TPSA) is 89.8 Å². The summed E-state index contributed by atoms with van der Waals surface area (Å²) in [5.74, 6) is 0.386. The first-order valence-electron chi connectivity index (χ1n) is 8.65. The van der Waals surface area contributed by atoms with Crippen LogP contribution in [-0.4, -0.2) is 41.3 Å². The molecule has 4 rings (SSSR count). The summed E-state index contributed by atoms with van der Waals surface area (Å²) in [7, 11) is -3.03. The minimum Gasteiger partial charge on any atom is -0.487 e. The fraction of sp³-hybridized carbons (Fsp3) is 0.263.